The Morgan fingerprint density at radius 1 is 1.36 bits per heavy atom. The van der Waals surface area contributed by atoms with Crippen LogP contribution in [0.4, 0.5) is 5.69 Å². The van der Waals surface area contributed by atoms with E-state index in [4.69, 9.17) is 9.29 Å². The zero-order chi connectivity index (χ0) is 16.2. The molecule has 1 aromatic rings. The second-order valence-corrected chi connectivity index (χ2v) is 7.19. The van der Waals surface area contributed by atoms with Gasteiger partial charge in [-0.05, 0) is 25.5 Å². The Morgan fingerprint density at radius 3 is 2.68 bits per heavy atom. The Labute approximate surface area is 130 Å². The van der Waals surface area contributed by atoms with Gasteiger partial charge in [-0.2, -0.15) is 8.42 Å². The Hall–Kier alpha value is -1.64. The molecule has 0 aliphatic carbocycles. The largest absolute Gasteiger partial charge is 0.380 e. The summed E-state index contributed by atoms with van der Waals surface area (Å²) < 4.78 is 35.2. The van der Waals surface area contributed by atoms with Gasteiger partial charge in [0.05, 0.1) is 30.0 Å². The van der Waals surface area contributed by atoms with Crippen molar-refractivity contribution in [3.05, 3.63) is 30.3 Å². The quantitative estimate of drug-likeness (QED) is 0.569. The molecule has 1 saturated heterocycles. The number of hydrogen-bond donors (Lipinski definition) is 2. The fourth-order valence-corrected chi connectivity index (χ4v) is 2.72. The molecule has 1 amide bonds. The van der Waals surface area contributed by atoms with Crippen LogP contribution < -0.4 is 10.4 Å². The number of carbonyl (C=O) groups is 1. The zero-order valence-electron chi connectivity index (χ0n) is 12.4. The maximum atomic E-state index is 12.1. The minimum Gasteiger partial charge on any atom is -0.380 e. The summed E-state index contributed by atoms with van der Waals surface area (Å²) >= 11 is 0. The van der Waals surface area contributed by atoms with E-state index in [-0.39, 0.29) is 31.3 Å². The molecule has 8 heteroatoms. The van der Waals surface area contributed by atoms with Gasteiger partial charge in [-0.1, -0.05) is 18.2 Å². The van der Waals surface area contributed by atoms with Gasteiger partial charge in [-0.25, -0.2) is 0 Å². The molecular formula is C14H20N2O5S. The molecule has 1 fully saturated rings. The Bertz CT molecular complexity index is 619. The minimum atomic E-state index is -3.96. The molecule has 0 bridgehead atoms. The molecule has 2 rings (SSSR count). The first kappa shape index (κ1) is 16.7. The van der Waals surface area contributed by atoms with Crippen LogP contribution >= 0.6 is 0 Å². The summed E-state index contributed by atoms with van der Waals surface area (Å²) in [5.74, 6) is -0.474. The second-order valence-electron chi connectivity index (χ2n) is 5.62. The first-order valence-electron chi connectivity index (χ1n) is 6.97. The first-order chi connectivity index (χ1) is 10.3. The number of rotatable bonds is 7. The fraction of sp³-hybridized carbons (Fsp3) is 0.500. The van der Waals surface area contributed by atoms with Gasteiger partial charge in [0.25, 0.3) is 10.1 Å². The predicted molar refractivity (Wildman–Crippen MR) is 81.9 cm³/mol. The third-order valence-electron chi connectivity index (χ3n) is 3.47. The van der Waals surface area contributed by atoms with E-state index < -0.39 is 15.5 Å². The number of anilines is 1. The molecule has 1 heterocycles. The van der Waals surface area contributed by atoms with Crippen molar-refractivity contribution in [3.8, 4) is 0 Å². The highest BCUT2D eigenvalue weighted by Crippen LogP contribution is 2.27. The summed E-state index contributed by atoms with van der Waals surface area (Å²) in [6, 6.07) is 9.49. The molecule has 1 aliphatic rings. The third-order valence-corrected chi connectivity index (χ3v) is 4.28. The van der Waals surface area contributed by atoms with E-state index in [9.17, 15) is 13.2 Å². The monoisotopic (exact) mass is 328 g/mol. The van der Waals surface area contributed by atoms with Gasteiger partial charge < -0.3 is 4.74 Å². The van der Waals surface area contributed by atoms with Crippen molar-refractivity contribution in [3.63, 3.8) is 0 Å². The normalized spacial score (nSPS) is 21.9. The molecule has 122 valence electrons. The minimum absolute atomic E-state index is 0.133. The van der Waals surface area contributed by atoms with Crippen molar-refractivity contribution >= 4 is 21.7 Å². The van der Waals surface area contributed by atoms with Gasteiger partial charge in [-0.15, -0.1) is 0 Å². The number of ether oxygens (including phenoxy) is 1. The summed E-state index contributed by atoms with van der Waals surface area (Å²) in [5.41, 5.74) is 3.00. The van der Waals surface area contributed by atoms with E-state index in [1.807, 2.05) is 30.3 Å². The predicted octanol–water partition coefficient (Wildman–Crippen LogP) is 0.839. The smallest absolute Gasteiger partial charge is 0.264 e. The van der Waals surface area contributed by atoms with Crippen LogP contribution in [-0.4, -0.2) is 44.4 Å². The molecule has 7 nitrogen and oxygen atoms in total. The van der Waals surface area contributed by atoms with E-state index in [1.165, 1.54) is 0 Å². The van der Waals surface area contributed by atoms with Crippen molar-refractivity contribution in [2.75, 3.05) is 30.5 Å². The van der Waals surface area contributed by atoms with E-state index in [2.05, 4.69) is 5.43 Å². The fourth-order valence-electron chi connectivity index (χ4n) is 2.23. The molecule has 1 unspecified atom stereocenters. The molecule has 0 radical (unpaired) electrons. The maximum absolute atomic E-state index is 12.1. The van der Waals surface area contributed by atoms with Crippen LogP contribution in [0.2, 0.25) is 0 Å². The average molecular weight is 328 g/mol. The van der Waals surface area contributed by atoms with Crippen molar-refractivity contribution < 1.29 is 22.5 Å². The Balaban J connectivity index is 1.84. The first-order valence-corrected chi connectivity index (χ1v) is 8.58. The molecule has 1 aliphatic heterocycles. The van der Waals surface area contributed by atoms with Crippen molar-refractivity contribution in [2.24, 2.45) is 5.41 Å². The lowest BCUT2D eigenvalue weighted by Crippen LogP contribution is -2.35. The molecular weight excluding hydrogens is 308 g/mol. The topological polar surface area (TPSA) is 95.9 Å². The van der Waals surface area contributed by atoms with Crippen LogP contribution in [0, 0.1) is 5.41 Å². The van der Waals surface area contributed by atoms with E-state index >= 15 is 0 Å². The maximum Gasteiger partial charge on any atom is 0.264 e. The van der Waals surface area contributed by atoms with Gasteiger partial charge in [0.2, 0.25) is 5.91 Å². The number of nitrogens with zero attached hydrogens (tertiary/aromatic N) is 1. The standard InChI is InChI=1S/C14H20N2O5S/c1-14(11-21-8-5-9-22(18,19)20)10-16(15-13(14)17)12-6-3-2-4-7-12/h2-4,6-7H,5,8-11H2,1H3,(H,15,17)(H,18,19,20). The van der Waals surface area contributed by atoms with E-state index in [1.54, 1.807) is 11.9 Å². The molecule has 22 heavy (non-hydrogen) atoms. The summed E-state index contributed by atoms with van der Waals surface area (Å²) in [6.45, 7) is 2.63. The number of hydrazine groups is 1. The lowest BCUT2D eigenvalue weighted by molar-refractivity contribution is -0.129. The molecule has 1 aromatic carbocycles. The molecule has 0 aromatic heterocycles. The van der Waals surface area contributed by atoms with Crippen LogP contribution in [0.3, 0.4) is 0 Å². The molecule has 0 spiro atoms. The number of nitrogens with one attached hydrogen (secondary N) is 1. The second kappa shape index (κ2) is 6.64. The Morgan fingerprint density at radius 2 is 2.05 bits per heavy atom. The van der Waals surface area contributed by atoms with Crippen LogP contribution in [0.25, 0.3) is 0 Å². The van der Waals surface area contributed by atoms with E-state index in [0.717, 1.165) is 5.69 Å². The van der Waals surface area contributed by atoms with Gasteiger partial charge in [0, 0.05) is 6.61 Å². The lowest BCUT2D eigenvalue weighted by Gasteiger charge is -2.21. The number of hydrogen-bond acceptors (Lipinski definition) is 5. The Kier molecular flexibility index (Phi) is 5.05. The number of carbonyl (C=O) groups excluding carboxylic acids is 1. The summed E-state index contributed by atoms with van der Waals surface area (Å²) in [5, 5.41) is 1.77. The number of benzene rings is 1. The van der Waals surface area contributed by atoms with Gasteiger partial charge in [0.1, 0.15) is 0 Å². The SMILES string of the molecule is CC1(COCCCS(=O)(=O)O)CN(c2ccccc2)NC1=O. The van der Waals surface area contributed by atoms with Crippen LogP contribution in [0.15, 0.2) is 30.3 Å². The zero-order valence-corrected chi connectivity index (χ0v) is 13.2. The number of para-hydroxylation sites is 1. The highest BCUT2D eigenvalue weighted by molar-refractivity contribution is 7.85. The van der Waals surface area contributed by atoms with Crippen LogP contribution in [0.1, 0.15) is 13.3 Å². The lowest BCUT2D eigenvalue weighted by atomic mass is 9.92. The van der Waals surface area contributed by atoms with Crippen molar-refractivity contribution in [1.29, 1.82) is 0 Å². The average Bonchev–Trinajstić information content (AvgIpc) is 2.74. The summed E-state index contributed by atoms with van der Waals surface area (Å²) in [6.07, 6.45) is 0.193. The molecule has 1 atom stereocenters. The van der Waals surface area contributed by atoms with Crippen molar-refractivity contribution in [1.82, 2.24) is 5.43 Å². The van der Waals surface area contributed by atoms with Crippen LogP contribution in [0.5, 0.6) is 0 Å². The summed E-state index contributed by atoms with van der Waals surface area (Å²) in [7, 11) is -3.96. The van der Waals surface area contributed by atoms with Gasteiger partial charge >= 0.3 is 0 Å². The van der Waals surface area contributed by atoms with Crippen molar-refractivity contribution in [2.45, 2.75) is 13.3 Å². The third kappa shape index (κ3) is 4.43. The van der Waals surface area contributed by atoms with Crippen LogP contribution in [-0.2, 0) is 19.6 Å². The highest BCUT2D eigenvalue weighted by atomic mass is 32.2. The highest BCUT2D eigenvalue weighted by Gasteiger charge is 2.42. The summed E-state index contributed by atoms with van der Waals surface area (Å²) in [4.78, 5) is 12.1. The van der Waals surface area contributed by atoms with Gasteiger partial charge in [0.15, 0.2) is 0 Å². The van der Waals surface area contributed by atoms with Gasteiger partial charge in [-0.3, -0.25) is 19.8 Å². The molecule has 0 saturated carbocycles. The molecule has 2 N–H and O–H groups in total. The number of amides is 1. The van der Waals surface area contributed by atoms with E-state index in [0.29, 0.717) is 6.54 Å².